The molecule has 0 aromatic heterocycles. The molecule has 1 unspecified atom stereocenters. The van der Waals surface area contributed by atoms with Gasteiger partial charge in [-0.15, -0.1) is 0 Å². The van der Waals surface area contributed by atoms with Crippen molar-refractivity contribution >= 4 is 12.1 Å². The molecule has 5 nitrogen and oxygen atoms in total. The van der Waals surface area contributed by atoms with E-state index < -0.39 is 17.7 Å². The van der Waals surface area contributed by atoms with Crippen LogP contribution >= 0.6 is 0 Å². The zero-order chi connectivity index (χ0) is 21.4. The average Bonchev–Trinajstić information content (AvgIpc) is 2.67. The van der Waals surface area contributed by atoms with Crippen molar-refractivity contribution in [1.29, 1.82) is 0 Å². The normalized spacial score (nSPS) is 12.0. The predicted octanol–water partition coefficient (Wildman–Crippen LogP) is 4.91. The van der Waals surface area contributed by atoms with E-state index in [2.05, 4.69) is 24.0 Å². The summed E-state index contributed by atoms with van der Waals surface area (Å²) < 4.78 is 10.1. The first-order valence-corrected chi connectivity index (χ1v) is 9.58. The van der Waals surface area contributed by atoms with E-state index in [0.717, 1.165) is 16.7 Å². The van der Waals surface area contributed by atoms with Crippen LogP contribution in [-0.2, 0) is 20.7 Å². The first kappa shape index (κ1) is 22.2. The number of hydrogen-bond donors (Lipinski definition) is 1. The summed E-state index contributed by atoms with van der Waals surface area (Å²) in [6.45, 7) is 9.18. The minimum atomic E-state index is -0.606. The van der Waals surface area contributed by atoms with Gasteiger partial charge in [0.25, 0.3) is 0 Å². The van der Waals surface area contributed by atoms with Gasteiger partial charge in [-0.25, -0.2) is 9.59 Å². The molecule has 0 heterocycles. The number of ether oxygens (including phenoxy) is 2. The Morgan fingerprint density at radius 1 is 1.00 bits per heavy atom. The van der Waals surface area contributed by atoms with Crippen LogP contribution in [0.2, 0.25) is 0 Å². The molecule has 0 saturated heterocycles. The minimum absolute atomic E-state index is 0.270. The summed E-state index contributed by atoms with van der Waals surface area (Å²) in [5.74, 6) is -0.486. The van der Waals surface area contributed by atoms with Crippen LogP contribution in [0.3, 0.4) is 0 Å². The van der Waals surface area contributed by atoms with Crippen LogP contribution in [0.4, 0.5) is 4.79 Å². The lowest BCUT2D eigenvalue weighted by Gasteiger charge is -2.24. The van der Waals surface area contributed by atoms with Crippen molar-refractivity contribution in [2.45, 2.75) is 45.3 Å². The van der Waals surface area contributed by atoms with Gasteiger partial charge in [0.1, 0.15) is 5.60 Å². The maximum absolute atomic E-state index is 12.2. The zero-order valence-corrected chi connectivity index (χ0v) is 17.5. The topological polar surface area (TPSA) is 64.6 Å². The van der Waals surface area contributed by atoms with Crippen molar-refractivity contribution in [3.05, 3.63) is 72.3 Å². The van der Waals surface area contributed by atoms with Gasteiger partial charge in [0.05, 0.1) is 7.11 Å². The first-order valence-electron chi connectivity index (χ1n) is 9.58. The molecule has 0 aliphatic carbocycles. The number of nitrogens with one attached hydrogen (secondary N) is 1. The molecule has 0 aliphatic heterocycles. The van der Waals surface area contributed by atoms with Gasteiger partial charge in [-0.2, -0.15) is 0 Å². The Kier molecular flexibility index (Phi) is 7.59. The largest absolute Gasteiger partial charge is 0.466 e. The van der Waals surface area contributed by atoms with Gasteiger partial charge < -0.3 is 14.8 Å². The summed E-state index contributed by atoms with van der Waals surface area (Å²) >= 11 is 0. The molecule has 0 bridgehead atoms. The van der Waals surface area contributed by atoms with Gasteiger partial charge in [-0.05, 0) is 50.3 Å². The second-order valence-electron chi connectivity index (χ2n) is 7.91. The van der Waals surface area contributed by atoms with E-state index in [1.165, 1.54) is 7.11 Å². The number of alkyl carbamates (subject to hydrolysis) is 1. The standard InChI is InChI=1S/C24H29NO4/c1-17(22(26)28-5)15-21(25-23(27)29-24(2,3)4)16-18-11-13-20(14-12-18)19-9-7-6-8-10-19/h6-14,21H,1,15-16H2,2-5H3,(H,25,27). The fourth-order valence-electron chi connectivity index (χ4n) is 2.92. The molecule has 2 rings (SSSR count). The van der Waals surface area contributed by atoms with E-state index >= 15 is 0 Å². The number of esters is 1. The third kappa shape index (κ3) is 7.45. The monoisotopic (exact) mass is 395 g/mol. The lowest BCUT2D eigenvalue weighted by atomic mass is 9.97. The number of hydrogen-bond acceptors (Lipinski definition) is 4. The minimum Gasteiger partial charge on any atom is -0.466 e. The highest BCUT2D eigenvalue weighted by atomic mass is 16.6. The molecular formula is C24H29NO4. The molecule has 5 heteroatoms. The Hall–Kier alpha value is -3.08. The van der Waals surface area contributed by atoms with Gasteiger partial charge in [-0.3, -0.25) is 0 Å². The molecule has 0 spiro atoms. The molecule has 0 radical (unpaired) electrons. The fraction of sp³-hybridized carbons (Fsp3) is 0.333. The van der Waals surface area contributed by atoms with Crippen molar-refractivity contribution in [2.75, 3.05) is 7.11 Å². The van der Waals surface area contributed by atoms with Crippen LogP contribution in [-0.4, -0.2) is 30.8 Å². The molecule has 154 valence electrons. The molecule has 0 fully saturated rings. The van der Waals surface area contributed by atoms with Gasteiger partial charge in [0.2, 0.25) is 0 Å². The fourth-order valence-corrected chi connectivity index (χ4v) is 2.92. The smallest absolute Gasteiger partial charge is 0.407 e. The highest BCUT2D eigenvalue weighted by Gasteiger charge is 2.22. The summed E-state index contributed by atoms with van der Waals surface area (Å²) in [5, 5.41) is 2.85. The van der Waals surface area contributed by atoms with Crippen LogP contribution in [0, 0.1) is 0 Å². The van der Waals surface area contributed by atoms with Gasteiger partial charge >= 0.3 is 12.1 Å². The first-order chi connectivity index (χ1) is 13.7. The van der Waals surface area contributed by atoms with E-state index in [-0.39, 0.29) is 12.5 Å². The molecule has 2 aromatic carbocycles. The average molecular weight is 395 g/mol. The van der Waals surface area contributed by atoms with E-state index in [9.17, 15) is 9.59 Å². The molecule has 1 N–H and O–H groups in total. The molecule has 2 aromatic rings. The third-order valence-electron chi connectivity index (χ3n) is 4.23. The summed E-state index contributed by atoms with van der Waals surface area (Å²) in [6, 6.07) is 17.9. The molecular weight excluding hydrogens is 366 g/mol. The Balaban J connectivity index is 2.12. The number of amides is 1. The SMILES string of the molecule is C=C(CC(Cc1ccc(-c2ccccc2)cc1)NC(=O)OC(C)(C)C)C(=O)OC. The molecule has 29 heavy (non-hydrogen) atoms. The van der Waals surface area contributed by atoms with Crippen molar-refractivity contribution < 1.29 is 19.1 Å². The van der Waals surface area contributed by atoms with E-state index in [4.69, 9.17) is 9.47 Å². The number of rotatable bonds is 7. The summed E-state index contributed by atoms with van der Waals surface area (Å²) in [7, 11) is 1.31. The predicted molar refractivity (Wildman–Crippen MR) is 115 cm³/mol. The molecule has 1 amide bonds. The maximum atomic E-state index is 12.2. The van der Waals surface area contributed by atoms with Crippen LogP contribution in [0.5, 0.6) is 0 Å². The van der Waals surface area contributed by atoms with Crippen LogP contribution in [0.1, 0.15) is 32.8 Å². The lowest BCUT2D eigenvalue weighted by Crippen LogP contribution is -2.40. The van der Waals surface area contributed by atoms with Crippen molar-refractivity contribution in [2.24, 2.45) is 0 Å². The van der Waals surface area contributed by atoms with Crippen molar-refractivity contribution in [3.63, 3.8) is 0 Å². The molecule has 0 aliphatic rings. The van der Waals surface area contributed by atoms with Crippen LogP contribution in [0.15, 0.2) is 66.7 Å². The quantitative estimate of drug-likeness (QED) is 0.534. The number of carbonyl (C=O) groups excluding carboxylic acids is 2. The summed E-state index contributed by atoms with van der Waals surface area (Å²) in [5.41, 5.74) is 2.98. The van der Waals surface area contributed by atoms with E-state index in [1.807, 2.05) is 42.5 Å². The van der Waals surface area contributed by atoms with Crippen LogP contribution in [0.25, 0.3) is 11.1 Å². The Morgan fingerprint density at radius 3 is 2.14 bits per heavy atom. The van der Waals surface area contributed by atoms with Gasteiger partial charge in [-0.1, -0.05) is 61.2 Å². The maximum Gasteiger partial charge on any atom is 0.407 e. The van der Waals surface area contributed by atoms with E-state index in [0.29, 0.717) is 12.0 Å². The molecule has 0 saturated carbocycles. The number of benzene rings is 2. The van der Waals surface area contributed by atoms with Crippen LogP contribution < -0.4 is 5.32 Å². The number of methoxy groups -OCH3 is 1. The van der Waals surface area contributed by atoms with E-state index in [1.54, 1.807) is 20.8 Å². The van der Waals surface area contributed by atoms with Gasteiger partial charge in [0.15, 0.2) is 0 Å². The van der Waals surface area contributed by atoms with Gasteiger partial charge in [0, 0.05) is 11.6 Å². The summed E-state index contributed by atoms with van der Waals surface area (Å²) in [4.78, 5) is 24.0. The van der Waals surface area contributed by atoms with Crippen molar-refractivity contribution in [3.8, 4) is 11.1 Å². The molecule has 1 atom stereocenters. The third-order valence-corrected chi connectivity index (χ3v) is 4.23. The Morgan fingerprint density at radius 2 is 1.59 bits per heavy atom. The highest BCUT2D eigenvalue weighted by molar-refractivity contribution is 5.87. The Bertz CT molecular complexity index is 835. The van der Waals surface area contributed by atoms with Crippen molar-refractivity contribution in [1.82, 2.24) is 5.32 Å². The second-order valence-corrected chi connectivity index (χ2v) is 7.91. The summed E-state index contributed by atoms with van der Waals surface area (Å²) in [6.07, 6.45) is 0.275. The Labute approximate surface area is 172 Å². The highest BCUT2D eigenvalue weighted by Crippen LogP contribution is 2.21. The second kappa shape index (κ2) is 9.92. The lowest BCUT2D eigenvalue weighted by molar-refractivity contribution is -0.136. The zero-order valence-electron chi connectivity index (χ0n) is 17.5. The number of carbonyl (C=O) groups is 2.